The maximum atomic E-state index is 14.7. The lowest BCUT2D eigenvalue weighted by Crippen LogP contribution is -2.60. The average Bonchev–Trinajstić information content (AvgIpc) is 3.29. The monoisotopic (exact) mass is 684 g/mol. The summed E-state index contributed by atoms with van der Waals surface area (Å²) < 4.78 is 53.1. The standard InChI is InChI=1S/C31H39F3N4O8S/c1-7-25(39)35-10-12-36-22-13-18(19(31(32,33)34)14-24(22)47-30(5,6)27(36)41)26(40)38(16(2)3)20-9-8-11-37(28(42)43)21(20)15-23-17(4)45-29(44)46-23/h13-14,16,20-21H,7-12,15H2,1-6H3,(H,35,39)(H,42,43)/t20-,21?/m1/s1. The number of thioether (sulfide) groups is 1. The Morgan fingerprint density at radius 3 is 2.43 bits per heavy atom. The van der Waals surface area contributed by atoms with E-state index >= 15 is 0 Å². The molecule has 0 bridgehead atoms. The van der Waals surface area contributed by atoms with Crippen molar-refractivity contribution in [3.8, 4) is 0 Å². The molecule has 1 unspecified atom stereocenters. The minimum absolute atomic E-state index is 0.0397. The van der Waals surface area contributed by atoms with E-state index in [0.717, 1.165) is 28.8 Å². The second-order valence-corrected chi connectivity index (χ2v) is 14.0. The van der Waals surface area contributed by atoms with Gasteiger partial charge in [0.1, 0.15) is 5.76 Å². The fourth-order valence-electron chi connectivity index (χ4n) is 6.18. The van der Waals surface area contributed by atoms with Gasteiger partial charge in [0.2, 0.25) is 11.8 Å². The lowest BCUT2D eigenvalue weighted by Gasteiger charge is -2.46. The van der Waals surface area contributed by atoms with Crippen LogP contribution >= 0.6 is 11.8 Å². The Kier molecular flexibility index (Phi) is 10.4. The molecule has 2 N–H and O–H groups in total. The second-order valence-electron chi connectivity index (χ2n) is 12.3. The van der Waals surface area contributed by atoms with Gasteiger partial charge in [-0.05, 0) is 59.6 Å². The van der Waals surface area contributed by atoms with Crippen LogP contribution in [-0.4, -0.2) is 81.2 Å². The maximum Gasteiger partial charge on any atom is 0.519 e. The van der Waals surface area contributed by atoms with Crippen molar-refractivity contribution in [1.82, 2.24) is 15.1 Å². The normalized spacial score (nSPS) is 19.5. The fraction of sp³-hybridized carbons (Fsp3) is 0.581. The first-order valence-corrected chi connectivity index (χ1v) is 16.1. The van der Waals surface area contributed by atoms with Crippen LogP contribution < -0.4 is 16.0 Å². The number of piperidine rings is 1. The number of carbonyl (C=O) groups excluding carboxylic acids is 3. The van der Waals surface area contributed by atoms with E-state index < -0.39 is 63.9 Å². The molecular formula is C31H39F3N4O8S. The Morgan fingerprint density at radius 2 is 1.87 bits per heavy atom. The van der Waals surface area contributed by atoms with Gasteiger partial charge in [-0.3, -0.25) is 14.4 Å². The predicted octanol–water partition coefficient (Wildman–Crippen LogP) is 4.91. The summed E-state index contributed by atoms with van der Waals surface area (Å²) in [6.07, 6.45) is -5.61. The fourth-order valence-corrected chi connectivity index (χ4v) is 7.38. The van der Waals surface area contributed by atoms with Crippen LogP contribution in [0.2, 0.25) is 0 Å². The van der Waals surface area contributed by atoms with Gasteiger partial charge in [0.05, 0.1) is 33.6 Å². The number of hydrogen-bond acceptors (Lipinski definition) is 8. The summed E-state index contributed by atoms with van der Waals surface area (Å²) in [7, 11) is 0. The molecule has 16 heteroatoms. The molecule has 1 saturated heterocycles. The molecule has 4 rings (SSSR count). The molecule has 0 radical (unpaired) electrons. The van der Waals surface area contributed by atoms with E-state index in [4.69, 9.17) is 8.83 Å². The second kappa shape index (κ2) is 13.6. The average molecular weight is 685 g/mol. The van der Waals surface area contributed by atoms with E-state index in [1.54, 1.807) is 34.6 Å². The Morgan fingerprint density at radius 1 is 1.19 bits per heavy atom. The molecular weight excluding hydrogens is 645 g/mol. The number of likely N-dealkylation sites (tertiary alicyclic amines) is 1. The predicted molar refractivity (Wildman–Crippen MR) is 166 cm³/mol. The number of rotatable bonds is 9. The number of hydrogen-bond donors (Lipinski definition) is 2. The van der Waals surface area contributed by atoms with E-state index in [9.17, 15) is 42.3 Å². The van der Waals surface area contributed by atoms with Gasteiger partial charge in [-0.2, -0.15) is 13.2 Å². The highest BCUT2D eigenvalue weighted by Gasteiger charge is 2.46. The molecule has 1 fully saturated rings. The van der Waals surface area contributed by atoms with E-state index in [1.165, 1.54) is 16.7 Å². The van der Waals surface area contributed by atoms with Crippen molar-refractivity contribution in [1.29, 1.82) is 0 Å². The highest BCUT2D eigenvalue weighted by Crippen LogP contribution is 2.48. The topological polar surface area (TPSA) is 154 Å². The van der Waals surface area contributed by atoms with Crippen LogP contribution in [0.1, 0.15) is 81.3 Å². The molecule has 2 aliphatic rings. The van der Waals surface area contributed by atoms with Gasteiger partial charge < -0.3 is 34.0 Å². The number of anilines is 1. The molecule has 47 heavy (non-hydrogen) atoms. The van der Waals surface area contributed by atoms with Crippen molar-refractivity contribution in [2.24, 2.45) is 0 Å². The van der Waals surface area contributed by atoms with Crippen LogP contribution in [0.5, 0.6) is 0 Å². The summed E-state index contributed by atoms with van der Waals surface area (Å²) in [6, 6.07) is -0.615. The maximum absolute atomic E-state index is 14.7. The Balaban J connectivity index is 1.84. The van der Waals surface area contributed by atoms with Crippen molar-refractivity contribution >= 4 is 41.3 Å². The largest absolute Gasteiger partial charge is 0.519 e. The molecule has 2 aromatic rings. The van der Waals surface area contributed by atoms with Crippen molar-refractivity contribution in [3.05, 3.63) is 45.4 Å². The molecule has 2 atom stereocenters. The minimum atomic E-state index is -4.95. The molecule has 1 aromatic heterocycles. The number of carbonyl (C=O) groups is 4. The lowest BCUT2D eigenvalue weighted by atomic mass is 9.89. The van der Waals surface area contributed by atoms with Gasteiger partial charge in [0, 0.05) is 43.4 Å². The Labute approximate surface area is 273 Å². The van der Waals surface area contributed by atoms with Crippen LogP contribution in [0.3, 0.4) is 0 Å². The van der Waals surface area contributed by atoms with Gasteiger partial charge in [-0.25, -0.2) is 9.59 Å². The van der Waals surface area contributed by atoms with Gasteiger partial charge in [-0.1, -0.05) is 6.92 Å². The van der Waals surface area contributed by atoms with Gasteiger partial charge in [0.25, 0.3) is 5.91 Å². The van der Waals surface area contributed by atoms with E-state index in [1.807, 2.05) is 0 Å². The van der Waals surface area contributed by atoms with Crippen molar-refractivity contribution in [2.45, 2.75) is 101 Å². The number of benzene rings is 1. The molecule has 1 aromatic carbocycles. The number of nitrogens with one attached hydrogen (secondary N) is 1. The van der Waals surface area contributed by atoms with Crippen LogP contribution in [0.15, 0.2) is 30.7 Å². The lowest BCUT2D eigenvalue weighted by molar-refractivity contribution is -0.138. The zero-order valence-corrected chi connectivity index (χ0v) is 27.8. The number of carboxylic acid groups (broad SMARTS) is 1. The summed E-state index contributed by atoms with van der Waals surface area (Å²) >= 11 is 0.952. The first-order valence-electron chi connectivity index (χ1n) is 15.3. The SMILES string of the molecule is CCC(=O)NCCN1C(=O)C(C)(C)Sc2cc(C(F)(F)F)c(C(=O)N(C(C)C)[C@@H]3CCCN(C(=O)O)C3Cc3oc(=O)oc3C)cc21. The summed E-state index contributed by atoms with van der Waals surface area (Å²) in [4.78, 5) is 67.7. The molecule has 3 heterocycles. The number of fused-ring (bicyclic) bond motifs is 1. The molecule has 4 amide bonds. The summed E-state index contributed by atoms with van der Waals surface area (Å²) in [5.74, 6) is -2.45. The van der Waals surface area contributed by atoms with Gasteiger partial charge >= 0.3 is 18.1 Å². The highest BCUT2D eigenvalue weighted by atomic mass is 32.2. The third kappa shape index (κ3) is 7.47. The first-order chi connectivity index (χ1) is 21.9. The Bertz CT molecular complexity index is 1600. The zero-order valence-electron chi connectivity index (χ0n) is 27.0. The van der Waals surface area contributed by atoms with Crippen molar-refractivity contribution < 1.29 is 46.3 Å². The minimum Gasteiger partial charge on any atom is -0.465 e. The van der Waals surface area contributed by atoms with E-state index in [2.05, 4.69) is 5.32 Å². The third-order valence-electron chi connectivity index (χ3n) is 8.40. The molecule has 0 aliphatic carbocycles. The quantitative estimate of drug-likeness (QED) is 0.375. The molecule has 2 aliphatic heterocycles. The Hall–Kier alpha value is -3.95. The number of halogens is 3. The number of aryl methyl sites for hydroxylation is 1. The number of alkyl halides is 3. The van der Waals surface area contributed by atoms with E-state index in [0.29, 0.717) is 6.42 Å². The molecule has 0 saturated carbocycles. The summed E-state index contributed by atoms with van der Waals surface area (Å²) in [5.41, 5.74) is -1.78. The highest BCUT2D eigenvalue weighted by molar-refractivity contribution is 8.01. The molecule has 0 spiro atoms. The smallest absolute Gasteiger partial charge is 0.465 e. The third-order valence-corrected chi connectivity index (χ3v) is 9.63. The molecule has 258 valence electrons. The van der Waals surface area contributed by atoms with E-state index in [-0.39, 0.29) is 66.9 Å². The van der Waals surface area contributed by atoms with Crippen molar-refractivity contribution in [3.63, 3.8) is 0 Å². The first kappa shape index (κ1) is 35.9. The number of nitrogens with zero attached hydrogens (tertiary/aromatic N) is 3. The summed E-state index contributed by atoms with van der Waals surface area (Å²) in [6.45, 7) is 9.65. The number of amides is 4. The van der Waals surface area contributed by atoms with Crippen molar-refractivity contribution in [2.75, 3.05) is 24.5 Å². The van der Waals surface area contributed by atoms with Crippen LogP contribution in [0.25, 0.3) is 0 Å². The summed E-state index contributed by atoms with van der Waals surface area (Å²) in [5, 5.41) is 12.7. The van der Waals surface area contributed by atoms with Gasteiger partial charge in [0.15, 0.2) is 5.76 Å². The van der Waals surface area contributed by atoms with Crippen LogP contribution in [0.4, 0.5) is 23.7 Å². The van der Waals surface area contributed by atoms with Gasteiger partial charge in [-0.15, -0.1) is 11.8 Å². The van der Waals surface area contributed by atoms with Crippen LogP contribution in [0, 0.1) is 6.92 Å². The zero-order chi connectivity index (χ0) is 35.0. The van der Waals surface area contributed by atoms with Crippen LogP contribution in [-0.2, 0) is 22.2 Å². The molecule has 12 nitrogen and oxygen atoms in total.